The van der Waals surface area contributed by atoms with Gasteiger partial charge >= 0.3 is 0 Å². The molecular formula is C14H13N2SY-. The number of likely N-dealkylation sites (N-methyl/N-ethyl adjacent to an activating group) is 1. The van der Waals surface area contributed by atoms with Gasteiger partial charge in [0.15, 0.2) is 0 Å². The molecule has 3 heterocycles. The molecule has 0 fully saturated rings. The van der Waals surface area contributed by atoms with E-state index >= 15 is 0 Å². The monoisotopic (exact) mass is 330 g/mol. The SMILES string of the molecule is C[C-]1c2c(sc3ccccc23)N2C=CN(C)C12.[Y]. The minimum absolute atomic E-state index is 0. The molecule has 0 amide bonds. The van der Waals surface area contributed by atoms with Crippen molar-refractivity contribution in [2.24, 2.45) is 0 Å². The van der Waals surface area contributed by atoms with Gasteiger partial charge in [0, 0.05) is 52.2 Å². The second-order valence-corrected chi connectivity index (χ2v) is 5.74. The Morgan fingerprint density at radius 2 is 2.00 bits per heavy atom. The van der Waals surface area contributed by atoms with Gasteiger partial charge in [-0.1, -0.05) is 25.1 Å². The molecule has 0 saturated heterocycles. The molecule has 4 heteroatoms. The van der Waals surface area contributed by atoms with Gasteiger partial charge in [0.25, 0.3) is 0 Å². The predicted octanol–water partition coefficient (Wildman–Crippen LogP) is 3.40. The Kier molecular flexibility index (Phi) is 2.96. The van der Waals surface area contributed by atoms with Crippen LogP contribution in [-0.4, -0.2) is 18.1 Å². The normalized spacial score (nSPS) is 20.3. The van der Waals surface area contributed by atoms with Crippen molar-refractivity contribution in [1.29, 1.82) is 0 Å². The van der Waals surface area contributed by atoms with E-state index in [4.69, 9.17) is 0 Å². The van der Waals surface area contributed by atoms with Crippen LogP contribution in [0.2, 0.25) is 0 Å². The molecule has 0 aliphatic carbocycles. The third-order valence-corrected chi connectivity index (χ3v) is 4.89. The smallest absolute Gasteiger partial charge is 0.0716 e. The number of hydrogen-bond donors (Lipinski definition) is 0. The van der Waals surface area contributed by atoms with Crippen molar-refractivity contribution in [3.05, 3.63) is 48.1 Å². The standard InChI is InChI=1S/C14H13N2S.Y/c1-9-12-10-5-3-4-6-11(10)17-14(12)16-8-7-15(2)13(9)16;/h3-8,13H,1-2H3;/q-1;. The fraction of sp³-hybridized carbons (Fsp3) is 0.214. The summed E-state index contributed by atoms with van der Waals surface area (Å²) in [4.78, 5) is 4.66. The van der Waals surface area contributed by atoms with Crippen molar-refractivity contribution in [1.82, 2.24) is 4.90 Å². The van der Waals surface area contributed by atoms with Gasteiger partial charge in [-0.25, -0.2) is 0 Å². The molecule has 89 valence electrons. The zero-order valence-corrected chi connectivity index (χ0v) is 14.1. The maximum Gasteiger partial charge on any atom is 0.0716 e. The first-order valence-electron chi connectivity index (χ1n) is 5.81. The van der Waals surface area contributed by atoms with E-state index in [0.29, 0.717) is 6.17 Å². The largest absolute Gasteiger partial charge is 0.377 e. The average molecular weight is 330 g/mol. The topological polar surface area (TPSA) is 6.48 Å². The summed E-state index contributed by atoms with van der Waals surface area (Å²) in [6, 6.07) is 8.70. The summed E-state index contributed by atoms with van der Waals surface area (Å²) in [5.41, 5.74) is 1.45. The van der Waals surface area contributed by atoms with E-state index in [1.807, 2.05) is 11.3 Å². The number of hydrogen-bond acceptors (Lipinski definition) is 3. The van der Waals surface area contributed by atoms with Crippen LogP contribution in [0.5, 0.6) is 0 Å². The van der Waals surface area contributed by atoms with E-state index in [1.165, 1.54) is 26.6 Å². The summed E-state index contributed by atoms with van der Waals surface area (Å²) in [6.45, 7) is 2.26. The molecule has 4 rings (SSSR count). The Bertz CT molecular complexity index is 634. The Hall–Kier alpha value is -0.506. The van der Waals surface area contributed by atoms with Gasteiger partial charge in [-0.05, 0) is 9.70 Å². The average Bonchev–Trinajstić information content (AvgIpc) is 2.94. The second-order valence-electron chi connectivity index (χ2n) is 4.71. The van der Waals surface area contributed by atoms with Crippen LogP contribution in [0.3, 0.4) is 0 Å². The molecule has 1 atom stereocenters. The van der Waals surface area contributed by atoms with E-state index in [1.54, 1.807) is 0 Å². The van der Waals surface area contributed by atoms with Gasteiger partial charge in [0.2, 0.25) is 0 Å². The number of thiophene rings is 1. The number of fused-ring (bicyclic) bond motifs is 5. The van der Waals surface area contributed by atoms with Crippen LogP contribution in [0.4, 0.5) is 5.00 Å². The molecule has 1 aromatic heterocycles. The van der Waals surface area contributed by atoms with E-state index in [9.17, 15) is 0 Å². The number of anilines is 1. The quantitative estimate of drug-likeness (QED) is 0.683. The van der Waals surface area contributed by atoms with Crippen LogP contribution in [-0.2, 0) is 32.7 Å². The van der Waals surface area contributed by atoms with Crippen molar-refractivity contribution in [3.8, 4) is 0 Å². The van der Waals surface area contributed by atoms with E-state index in [0.717, 1.165) is 0 Å². The summed E-state index contributed by atoms with van der Waals surface area (Å²) in [7, 11) is 2.14. The third kappa shape index (κ3) is 1.44. The Morgan fingerprint density at radius 3 is 2.83 bits per heavy atom. The summed E-state index contributed by atoms with van der Waals surface area (Å²) in [5.74, 6) is 1.46. The zero-order chi connectivity index (χ0) is 11.6. The van der Waals surface area contributed by atoms with E-state index < -0.39 is 0 Å². The maximum atomic E-state index is 2.38. The minimum atomic E-state index is 0. The van der Waals surface area contributed by atoms with Crippen LogP contribution in [0, 0.1) is 5.92 Å². The number of nitrogens with zero attached hydrogens (tertiary/aromatic N) is 2. The summed E-state index contributed by atoms with van der Waals surface area (Å²) >= 11 is 1.90. The minimum Gasteiger partial charge on any atom is -0.377 e. The fourth-order valence-electron chi connectivity index (χ4n) is 2.95. The Labute approximate surface area is 136 Å². The van der Waals surface area contributed by atoms with Crippen molar-refractivity contribution in [2.75, 3.05) is 11.9 Å². The van der Waals surface area contributed by atoms with Crippen molar-refractivity contribution >= 4 is 26.4 Å². The molecule has 2 aromatic rings. The van der Waals surface area contributed by atoms with Gasteiger partial charge in [-0.15, -0.1) is 22.9 Å². The predicted molar refractivity (Wildman–Crippen MR) is 73.0 cm³/mol. The van der Waals surface area contributed by atoms with Crippen LogP contribution in [0.25, 0.3) is 10.1 Å². The molecule has 18 heavy (non-hydrogen) atoms. The molecule has 1 radical (unpaired) electrons. The van der Waals surface area contributed by atoms with E-state index in [-0.39, 0.29) is 32.7 Å². The first kappa shape index (κ1) is 12.5. The molecule has 0 bridgehead atoms. The van der Waals surface area contributed by atoms with E-state index in [2.05, 4.69) is 60.4 Å². The summed E-state index contributed by atoms with van der Waals surface area (Å²) in [5, 5.41) is 2.80. The number of benzene rings is 1. The Balaban J connectivity index is 0.000001000. The van der Waals surface area contributed by atoms with Crippen LogP contribution < -0.4 is 4.90 Å². The van der Waals surface area contributed by atoms with Gasteiger partial charge in [-0.2, -0.15) is 11.3 Å². The fourth-order valence-corrected chi connectivity index (χ4v) is 4.23. The summed E-state index contributed by atoms with van der Waals surface area (Å²) in [6.07, 6.45) is 4.75. The van der Waals surface area contributed by atoms with Gasteiger partial charge < -0.3 is 9.80 Å². The van der Waals surface area contributed by atoms with Crippen LogP contribution in [0.15, 0.2) is 36.7 Å². The van der Waals surface area contributed by atoms with Gasteiger partial charge in [-0.3, -0.25) is 0 Å². The number of rotatable bonds is 0. The molecule has 0 N–H and O–H groups in total. The molecule has 2 aliphatic rings. The van der Waals surface area contributed by atoms with Crippen molar-refractivity contribution in [3.63, 3.8) is 0 Å². The zero-order valence-electron chi connectivity index (χ0n) is 10.4. The molecule has 0 spiro atoms. The second kappa shape index (κ2) is 4.26. The first-order chi connectivity index (χ1) is 8.27. The molecule has 0 saturated carbocycles. The Morgan fingerprint density at radius 1 is 1.22 bits per heavy atom. The summed E-state index contributed by atoms with van der Waals surface area (Å²) < 4.78 is 1.39. The first-order valence-corrected chi connectivity index (χ1v) is 6.63. The molecule has 2 aliphatic heterocycles. The van der Waals surface area contributed by atoms with Crippen molar-refractivity contribution < 1.29 is 32.7 Å². The molecule has 1 aromatic carbocycles. The van der Waals surface area contributed by atoms with Gasteiger partial charge in [0.1, 0.15) is 0 Å². The van der Waals surface area contributed by atoms with Gasteiger partial charge in [0.05, 0.1) is 6.17 Å². The third-order valence-electron chi connectivity index (χ3n) is 3.70. The molecule has 1 unspecified atom stereocenters. The van der Waals surface area contributed by atoms with Crippen LogP contribution >= 0.6 is 11.3 Å². The van der Waals surface area contributed by atoms with Crippen LogP contribution in [0.1, 0.15) is 12.5 Å². The van der Waals surface area contributed by atoms with Crippen molar-refractivity contribution in [2.45, 2.75) is 13.1 Å². The maximum absolute atomic E-state index is 2.38. The molecule has 2 nitrogen and oxygen atoms in total. The molecular weight excluding hydrogens is 317 g/mol.